The number of aryl methyl sites for hydroxylation is 2. The van der Waals surface area contributed by atoms with Gasteiger partial charge in [-0.25, -0.2) is 0 Å². The Balaban J connectivity index is 2.33. The van der Waals surface area contributed by atoms with Gasteiger partial charge < -0.3 is 4.52 Å². The third-order valence-electron chi connectivity index (χ3n) is 2.29. The van der Waals surface area contributed by atoms with Crippen LogP contribution in [0.4, 0.5) is 0 Å². The molecule has 14 heavy (non-hydrogen) atoms. The first-order valence-corrected chi connectivity index (χ1v) is 4.82. The minimum Gasteiger partial charge on any atom is -0.361 e. The van der Waals surface area contributed by atoms with E-state index in [1.807, 2.05) is 13.0 Å². The van der Waals surface area contributed by atoms with Gasteiger partial charge in [-0.05, 0) is 18.9 Å². The molecule has 0 saturated heterocycles. The lowest BCUT2D eigenvalue weighted by molar-refractivity contribution is 0.399. The van der Waals surface area contributed by atoms with Crippen LogP contribution < -0.4 is 0 Å². The average Bonchev–Trinajstić information content (AvgIpc) is 2.65. The summed E-state index contributed by atoms with van der Waals surface area (Å²) in [5, 5.41) is 3.97. The first-order chi connectivity index (χ1) is 6.79. The van der Waals surface area contributed by atoms with Crippen molar-refractivity contribution in [3.8, 4) is 11.3 Å². The molecule has 0 N–H and O–H groups in total. The molecule has 0 atom stereocenters. The van der Waals surface area contributed by atoms with Gasteiger partial charge in [0.05, 0.1) is 0 Å². The van der Waals surface area contributed by atoms with Gasteiger partial charge in [-0.3, -0.25) is 0 Å². The van der Waals surface area contributed by atoms with E-state index >= 15 is 0 Å². The lowest BCUT2D eigenvalue weighted by Gasteiger charge is -1.97. The number of hydrogen-bond donors (Lipinski definition) is 0. The van der Waals surface area contributed by atoms with E-state index in [0.29, 0.717) is 0 Å². The van der Waals surface area contributed by atoms with Crippen molar-refractivity contribution in [3.05, 3.63) is 41.7 Å². The van der Waals surface area contributed by atoms with Gasteiger partial charge in [0.25, 0.3) is 0 Å². The monoisotopic (exact) mass is 187 g/mol. The molecule has 2 rings (SSSR count). The third-order valence-corrected chi connectivity index (χ3v) is 2.29. The Hall–Kier alpha value is -1.57. The predicted octanol–water partition coefficient (Wildman–Crippen LogP) is 3.21. The summed E-state index contributed by atoms with van der Waals surface area (Å²) in [7, 11) is 0. The quantitative estimate of drug-likeness (QED) is 0.721. The summed E-state index contributed by atoms with van der Waals surface area (Å²) in [4.78, 5) is 0. The summed E-state index contributed by atoms with van der Waals surface area (Å²) in [5.74, 6) is 0.847. The summed E-state index contributed by atoms with van der Waals surface area (Å²) >= 11 is 0. The van der Waals surface area contributed by atoms with Crippen LogP contribution in [0.2, 0.25) is 0 Å². The van der Waals surface area contributed by atoms with Crippen LogP contribution in [-0.4, -0.2) is 5.16 Å². The molecular formula is C12H13NO. The van der Waals surface area contributed by atoms with Gasteiger partial charge in [0.15, 0.2) is 0 Å². The maximum atomic E-state index is 5.03. The molecule has 0 unspecified atom stereocenters. The van der Waals surface area contributed by atoms with Gasteiger partial charge in [-0.2, -0.15) is 0 Å². The van der Waals surface area contributed by atoms with Gasteiger partial charge in [0.1, 0.15) is 11.5 Å². The molecule has 0 fully saturated rings. The van der Waals surface area contributed by atoms with Crippen molar-refractivity contribution < 1.29 is 4.52 Å². The summed E-state index contributed by atoms with van der Waals surface area (Å²) in [6.45, 7) is 4.05. The molecular weight excluding hydrogens is 174 g/mol. The van der Waals surface area contributed by atoms with Crippen molar-refractivity contribution in [3.63, 3.8) is 0 Å². The fourth-order valence-electron chi connectivity index (χ4n) is 1.41. The molecule has 0 aliphatic rings. The van der Waals surface area contributed by atoms with Crippen LogP contribution in [0.1, 0.15) is 18.2 Å². The van der Waals surface area contributed by atoms with Gasteiger partial charge in [-0.1, -0.05) is 36.3 Å². The molecule has 0 spiro atoms. The highest BCUT2D eigenvalue weighted by Gasteiger charge is 2.02. The zero-order valence-corrected chi connectivity index (χ0v) is 8.45. The van der Waals surface area contributed by atoms with Crippen LogP contribution in [0.3, 0.4) is 0 Å². The second-order valence-corrected chi connectivity index (χ2v) is 3.37. The molecule has 2 heteroatoms. The SMILES string of the molecule is CCc1ccc(-c2cc(C)on2)cc1. The van der Waals surface area contributed by atoms with Crippen molar-refractivity contribution in [2.75, 3.05) is 0 Å². The van der Waals surface area contributed by atoms with Gasteiger partial charge in [0.2, 0.25) is 0 Å². The maximum absolute atomic E-state index is 5.03. The first kappa shape index (κ1) is 9.00. The van der Waals surface area contributed by atoms with Gasteiger partial charge in [-0.15, -0.1) is 0 Å². The summed E-state index contributed by atoms with van der Waals surface area (Å²) in [5.41, 5.74) is 3.36. The summed E-state index contributed by atoms with van der Waals surface area (Å²) in [6.07, 6.45) is 1.07. The molecule has 0 saturated carbocycles. The van der Waals surface area contributed by atoms with Crippen molar-refractivity contribution >= 4 is 0 Å². The lowest BCUT2D eigenvalue weighted by Crippen LogP contribution is -1.80. The zero-order valence-electron chi connectivity index (χ0n) is 8.45. The van der Waals surface area contributed by atoms with Crippen LogP contribution >= 0.6 is 0 Å². The maximum Gasteiger partial charge on any atom is 0.134 e. The lowest BCUT2D eigenvalue weighted by atomic mass is 10.1. The van der Waals surface area contributed by atoms with Crippen LogP contribution in [0, 0.1) is 6.92 Å². The summed E-state index contributed by atoms with van der Waals surface area (Å²) < 4.78 is 5.03. The zero-order chi connectivity index (χ0) is 9.97. The second kappa shape index (κ2) is 3.66. The molecule has 0 bridgehead atoms. The van der Waals surface area contributed by atoms with E-state index in [4.69, 9.17) is 4.52 Å². The number of benzene rings is 1. The van der Waals surface area contributed by atoms with E-state index in [-0.39, 0.29) is 0 Å². The summed E-state index contributed by atoms with van der Waals surface area (Å²) in [6, 6.07) is 10.4. The molecule has 1 heterocycles. The number of hydrogen-bond acceptors (Lipinski definition) is 2. The highest BCUT2D eigenvalue weighted by atomic mass is 16.5. The number of nitrogens with zero attached hydrogens (tertiary/aromatic N) is 1. The highest BCUT2D eigenvalue weighted by molar-refractivity contribution is 5.59. The van der Waals surface area contributed by atoms with Crippen molar-refractivity contribution in [2.45, 2.75) is 20.3 Å². The Morgan fingerprint density at radius 3 is 2.43 bits per heavy atom. The molecule has 72 valence electrons. The normalized spacial score (nSPS) is 10.4. The average molecular weight is 187 g/mol. The van der Waals surface area contributed by atoms with E-state index in [0.717, 1.165) is 23.4 Å². The van der Waals surface area contributed by atoms with E-state index < -0.39 is 0 Å². The van der Waals surface area contributed by atoms with Crippen LogP contribution in [-0.2, 0) is 6.42 Å². The van der Waals surface area contributed by atoms with Crippen LogP contribution in [0.15, 0.2) is 34.9 Å². The largest absolute Gasteiger partial charge is 0.361 e. The standard InChI is InChI=1S/C12H13NO/c1-3-10-4-6-11(7-5-10)12-8-9(2)14-13-12/h4-8H,3H2,1-2H3. The minimum absolute atomic E-state index is 0.847. The van der Waals surface area contributed by atoms with Gasteiger partial charge in [0, 0.05) is 11.6 Å². The Labute approximate surface area is 83.5 Å². The number of aromatic nitrogens is 1. The minimum atomic E-state index is 0.847. The molecule has 0 aliphatic carbocycles. The Morgan fingerprint density at radius 2 is 1.93 bits per heavy atom. The van der Waals surface area contributed by atoms with Crippen molar-refractivity contribution in [2.24, 2.45) is 0 Å². The second-order valence-electron chi connectivity index (χ2n) is 3.37. The van der Waals surface area contributed by atoms with E-state index in [1.165, 1.54) is 5.56 Å². The topological polar surface area (TPSA) is 26.0 Å². The fourth-order valence-corrected chi connectivity index (χ4v) is 1.41. The van der Waals surface area contributed by atoms with Crippen LogP contribution in [0.5, 0.6) is 0 Å². The van der Waals surface area contributed by atoms with E-state index in [2.05, 4.69) is 36.3 Å². The van der Waals surface area contributed by atoms with Crippen molar-refractivity contribution in [1.29, 1.82) is 0 Å². The van der Waals surface area contributed by atoms with E-state index in [9.17, 15) is 0 Å². The highest BCUT2D eigenvalue weighted by Crippen LogP contribution is 2.19. The van der Waals surface area contributed by atoms with Crippen LogP contribution in [0.25, 0.3) is 11.3 Å². The smallest absolute Gasteiger partial charge is 0.134 e. The molecule has 0 radical (unpaired) electrons. The predicted molar refractivity (Wildman–Crippen MR) is 56.1 cm³/mol. The number of rotatable bonds is 2. The molecule has 1 aromatic carbocycles. The molecule has 0 amide bonds. The molecule has 2 nitrogen and oxygen atoms in total. The molecule has 1 aromatic heterocycles. The Morgan fingerprint density at radius 1 is 1.21 bits per heavy atom. The first-order valence-electron chi connectivity index (χ1n) is 4.82. The molecule has 2 aromatic rings. The Bertz CT molecular complexity index is 414. The van der Waals surface area contributed by atoms with Gasteiger partial charge >= 0.3 is 0 Å². The third kappa shape index (κ3) is 1.69. The van der Waals surface area contributed by atoms with Crippen molar-refractivity contribution in [1.82, 2.24) is 5.16 Å². The van der Waals surface area contributed by atoms with E-state index in [1.54, 1.807) is 0 Å². The molecule has 0 aliphatic heterocycles. The fraction of sp³-hybridized carbons (Fsp3) is 0.250. The Kier molecular flexibility index (Phi) is 2.35.